The van der Waals surface area contributed by atoms with E-state index >= 15 is 0 Å². The molecule has 0 radical (unpaired) electrons. The van der Waals surface area contributed by atoms with Crippen LogP contribution >= 0.6 is 11.3 Å². The topological polar surface area (TPSA) is 101 Å². The highest BCUT2D eigenvalue weighted by Crippen LogP contribution is 2.18. The van der Waals surface area contributed by atoms with Crippen LogP contribution in [0.25, 0.3) is 0 Å². The van der Waals surface area contributed by atoms with Gasteiger partial charge in [0.15, 0.2) is 5.13 Å². The van der Waals surface area contributed by atoms with Crippen molar-refractivity contribution in [3.05, 3.63) is 76.8 Å². The number of carbonyl (C=O) groups excluding carboxylic acids is 3. The molecule has 8 nitrogen and oxygen atoms in total. The number of anilines is 1. The zero-order valence-electron chi connectivity index (χ0n) is 21.0. The monoisotopic (exact) mass is 508 g/mol. The summed E-state index contributed by atoms with van der Waals surface area (Å²) < 4.78 is 5.15. The van der Waals surface area contributed by atoms with Crippen LogP contribution in [0.2, 0.25) is 0 Å². The van der Waals surface area contributed by atoms with E-state index < -0.39 is 0 Å². The van der Waals surface area contributed by atoms with Crippen molar-refractivity contribution < 1.29 is 19.1 Å². The summed E-state index contributed by atoms with van der Waals surface area (Å²) in [6.07, 6.45) is 0.110. The molecule has 0 aliphatic rings. The molecule has 1 atom stereocenters. The molecule has 1 aromatic heterocycles. The Morgan fingerprint density at radius 3 is 2.33 bits per heavy atom. The van der Waals surface area contributed by atoms with Gasteiger partial charge in [-0.1, -0.05) is 44.2 Å². The van der Waals surface area contributed by atoms with Gasteiger partial charge in [-0.2, -0.15) is 0 Å². The van der Waals surface area contributed by atoms with Crippen molar-refractivity contribution in [2.45, 2.75) is 33.2 Å². The summed E-state index contributed by atoms with van der Waals surface area (Å²) in [5.41, 5.74) is 2.07. The van der Waals surface area contributed by atoms with Crippen LogP contribution in [0.3, 0.4) is 0 Å². The number of hydrogen-bond acceptors (Lipinski definition) is 6. The minimum absolute atomic E-state index is 0.104. The Labute approximate surface area is 215 Å². The first-order chi connectivity index (χ1) is 17.2. The van der Waals surface area contributed by atoms with E-state index in [1.807, 2.05) is 51.1 Å². The second-order valence-corrected chi connectivity index (χ2v) is 9.73. The van der Waals surface area contributed by atoms with Crippen LogP contribution in [-0.2, 0) is 16.0 Å². The number of benzene rings is 2. The number of amides is 3. The minimum Gasteiger partial charge on any atom is -0.497 e. The van der Waals surface area contributed by atoms with Crippen LogP contribution in [0.4, 0.5) is 5.13 Å². The molecule has 9 heteroatoms. The molecule has 36 heavy (non-hydrogen) atoms. The number of rotatable bonds is 11. The highest BCUT2D eigenvalue weighted by atomic mass is 32.1. The zero-order valence-corrected chi connectivity index (χ0v) is 21.8. The van der Waals surface area contributed by atoms with Crippen molar-refractivity contribution in [2.75, 3.05) is 25.5 Å². The summed E-state index contributed by atoms with van der Waals surface area (Å²) in [4.78, 5) is 44.1. The van der Waals surface area contributed by atoms with Gasteiger partial charge >= 0.3 is 0 Å². The Morgan fingerprint density at radius 2 is 1.69 bits per heavy atom. The van der Waals surface area contributed by atoms with Gasteiger partial charge in [0, 0.05) is 17.5 Å². The maximum atomic E-state index is 13.0. The SMILES string of the molecule is COc1ccc(C(=O)N(CC(=O)Nc2nc(CC(=O)N[C@H](C)c3ccccc3)cs2)CC(C)C)cc1. The van der Waals surface area contributed by atoms with Gasteiger partial charge in [0.05, 0.1) is 25.3 Å². The first-order valence-corrected chi connectivity index (χ1v) is 12.6. The lowest BCUT2D eigenvalue weighted by Crippen LogP contribution is -2.40. The number of methoxy groups -OCH3 is 1. The number of aromatic nitrogens is 1. The van der Waals surface area contributed by atoms with Gasteiger partial charge in [-0.05, 0) is 42.7 Å². The number of carbonyl (C=O) groups is 3. The lowest BCUT2D eigenvalue weighted by molar-refractivity contribution is -0.121. The molecule has 2 N–H and O–H groups in total. The first kappa shape index (κ1) is 26.9. The predicted molar refractivity (Wildman–Crippen MR) is 141 cm³/mol. The minimum atomic E-state index is -0.347. The second-order valence-electron chi connectivity index (χ2n) is 8.88. The number of thiazole rings is 1. The van der Waals surface area contributed by atoms with E-state index in [0.29, 0.717) is 28.7 Å². The van der Waals surface area contributed by atoms with Gasteiger partial charge < -0.3 is 20.3 Å². The van der Waals surface area contributed by atoms with E-state index in [-0.39, 0.29) is 42.6 Å². The molecule has 0 aliphatic carbocycles. The molecule has 190 valence electrons. The smallest absolute Gasteiger partial charge is 0.254 e. The van der Waals surface area contributed by atoms with E-state index in [2.05, 4.69) is 15.6 Å². The van der Waals surface area contributed by atoms with Crippen molar-refractivity contribution in [1.29, 1.82) is 0 Å². The summed E-state index contributed by atoms with van der Waals surface area (Å²) in [5.74, 6) is 0.111. The van der Waals surface area contributed by atoms with E-state index in [1.165, 1.54) is 16.2 Å². The predicted octanol–water partition coefficient (Wildman–Crippen LogP) is 4.31. The van der Waals surface area contributed by atoms with Gasteiger partial charge in [-0.15, -0.1) is 11.3 Å². The largest absolute Gasteiger partial charge is 0.497 e. The molecule has 0 aliphatic heterocycles. The zero-order chi connectivity index (χ0) is 26.1. The molecule has 1 heterocycles. The molecule has 0 bridgehead atoms. The summed E-state index contributed by atoms with van der Waals surface area (Å²) >= 11 is 1.24. The normalized spacial score (nSPS) is 11.6. The second kappa shape index (κ2) is 12.8. The fraction of sp³-hybridized carbons (Fsp3) is 0.333. The third-order valence-corrected chi connectivity index (χ3v) is 6.17. The molecule has 3 aromatic rings. The molecule has 0 unspecified atom stereocenters. The molecular formula is C27H32N4O4S. The van der Waals surface area contributed by atoms with Crippen LogP contribution < -0.4 is 15.4 Å². The summed E-state index contributed by atoms with van der Waals surface area (Å²) in [6, 6.07) is 16.4. The van der Waals surface area contributed by atoms with Crippen molar-refractivity contribution in [2.24, 2.45) is 5.92 Å². The molecule has 0 saturated heterocycles. The van der Waals surface area contributed by atoms with Crippen LogP contribution in [0.1, 0.15) is 48.4 Å². The van der Waals surface area contributed by atoms with Crippen molar-refractivity contribution in [1.82, 2.24) is 15.2 Å². The standard InChI is InChI=1S/C27H32N4O4S/c1-18(2)15-31(26(34)21-10-12-23(35-4)13-11-21)16-25(33)30-27-29-22(17-36-27)14-24(32)28-19(3)20-8-6-5-7-9-20/h5-13,17-19H,14-16H2,1-4H3,(H,28,32)(H,29,30,33)/t19-/m1/s1. The quantitative estimate of drug-likeness (QED) is 0.402. The van der Waals surface area contributed by atoms with E-state index in [0.717, 1.165) is 5.56 Å². The highest BCUT2D eigenvalue weighted by Gasteiger charge is 2.21. The fourth-order valence-corrected chi connectivity index (χ4v) is 4.36. The summed E-state index contributed by atoms with van der Waals surface area (Å²) in [5, 5.41) is 7.85. The van der Waals surface area contributed by atoms with Crippen LogP contribution in [-0.4, -0.2) is 47.8 Å². The van der Waals surface area contributed by atoms with Crippen molar-refractivity contribution >= 4 is 34.2 Å². The molecule has 3 amide bonds. The van der Waals surface area contributed by atoms with Crippen LogP contribution in [0, 0.1) is 5.92 Å². The lowest BCUT2D eigenvalue weighted by Gasteiger charge is -2.24. The Hall–Kier alpha value is -3.72. The average Bonchev–Trinajstić information content (AvgIpc) is 3.29. The maximum absolute atomic E-state index is 13.0. The number of nitrogens with one attached hydrogen (secondary N) is 2. The van der Waals surface area contributed by atoms with Gasteiger partial charge in [0.1, 0.15) is 12.3 Å². The number of hydrogen-bond donors (Lipinski definition) is 2. The molecule has 0 spiro atoms. The summed E-state index contributed by atoms with van der Waals surface area (Å²) in [7, 11) is 1.56. The van der Waals surface area contributed by atoms with E-state index in [1.54, 1.807) is 36.8 Å². The van der Waals surface area contributed by atoms with E-state index in [4.69, 9.17) is 4.74 Å². The Balaban J connectivity index is 1.56. The first-order valence-electron chi connectivity index (χ1n) is 11.8. The van der Waals surface area contributed by atoms with Crippen molar-refractivity contribution in [3.8, 4) is 5.75 Å². The highest BCUT2D eigenvalue weighted by molar-refractivity contribution is 7.13. The van der Waals surface area contributed by atoms with Gasteiger partial charge in [0.25, 0.3) is 5.91 Å². The third-order valence-electron chi connectivity index (χ3n) is 5.36. The molecule has 0 saturated carbocycles. The number of ether oxygens (including phenoxy) is 1. The summed E-state index contributed by atoms with van der Waals surface area (Å²) in [6.45, 7) is 6.23. The molecule has 0 fully saturated rings. The average molecular weight is 509 g/mol. The van der Waals surface area contributed by atoms with Crippen LogP contribution in [0.5, 0.6) is 5.75 Å². The van der Waals surface area contributed by atoms with Gasteiger partial charge in [-0.25, -0.2) is 4.98 Å². The number of nitrogens with zero attached hydrogens (tertiary/aromatic N) is 2. The Kier molecular flexibility index (Phi) is 9.58. The van der Waals surface area contributed by atoms with Gasteiger partial charge in [0.2, 0.25) is 11.8 Å². The lowest BCUT2D eigenvalue weighted by atomic mass is 10.1. The molecule has 2 aromatic carbocycles. The molecule has 3 rings (SSSR count). The van der Waals surface area contributed by atoms with Gasteiger partial charge in [-0.3, -0.25) is 14.4 Å². The fourth-order valence-electron chi connectivity index (χ4n) is 3.64. The van der Waals surface area contributed by atoms with Crippen molar-refractivity contribution in [3.63, 3.8) is 0 Å². The van der Waals surface area contributed by atoms with Crippen LogP contribution in [0.15, 0.2) is 60.0 Å². The Morgan fingerprint density at radius 1 is 1.00 bits per heavy atom. The third kappa shape index (κ3) is 7.91. The molecular weight excluding hydrogens is 476 g/mol. The Bertz CT molecular complexity index is 1160. The maximum Gasteiger partial charge on any atom is 0.254 e. The van der Waals surface area contributed by atoms with E-state index in [9.17, 15) is 14.4 Å².